The standard InChI is InChI=1S/C9H9N5O3/c10-3-1-5-13-7(15)12-8(16)14(9(13)17)6-2-4-11/h1-2,5-6H2,(H,12,15,16). The molecule has 1 aromatic rings. The zero-order valence-corrected chi connectivity index (χ0v) is 8.84. The van der Waals surface area contributed by atoms with Gasteiger partial charge in [-0.15, -0.1) is 0 Å². The van der Waals surface area contributed by atoms with E-state index >= 15 is 0 Å². The minimum Gasteiger partial charge on any atom is -0.259 e. The van der Waals surface area contributed by atoms with Crippen molar-refractivity contribution in [2.75, 3.05) is 0 Å². The highest BCUT2D eigenvalue weighted by Crippen LogP contribution is 1.81. The van der Waals surface area contributed by atoms with E-state index in [2.05, 4.69) is 0 Å². The molecule has 0 aliphatic heterocycles. The molecule has 0 aliphatic rings. The fraction of sp³-hybridized carbons (Fsp3) is 0.444. The SMILES string of the molecule is N#CCCn1c(=O)[nH]c(=O)n(CCC#N)c1=O. The van der Waals surface area contributed by atoms with Crippen LogP contribution in [0.3, 0.4) is 0 Å². The van der Waals surface area contributed by atoms with E-state index in [-0.39, 0.29) is 25.9 Å². The van der Waals surface area contributed by atoms with Crippen LogP contribution in [0.4, 0.5) is 0 Å². The molecule has 8 heteroatoms. The molecule has 1 heterocycles. The predicted molar refractivity (Wildman–Crippen MR) is 56.0 cm³/mol. The predicted octanol–water partition coefficient (Wildman–Crippen LogP) is -1.47. The van der Waals surface area contributed by atoms with Crippen molar-refractivity contribution in [2.45, 2.75) is 25.9 Å². The molecular weight excluding hydrogens is 226 g/mol. The van der Waals surface area contributed by atoms with E-state index in [1.54, 1.807) is 12.1 Å². The molecule has 88 valence electrons. The Kier molecular flexibility index (Phi) is 4.01. The Bertz CT molecular complexity index is 598. The first-order chi connectivity index (χ1) is 8.11. The molecule has 0 aromatic carbocycles. The van der Waals surface area contributed by atoms with E-state index in [1.807, 2.05) is 4.98 Å². The van der Waals surface area contributed by atoms with Crippen molar-refractivity contribution in [2.24, 2.45) is 0 Å². The Labute approximate surface area is 95.0 Å². The second kappa shape index (κ2) is 5.47. The minimum absolute atomic E-state index is 0.0144. The van der Waals surface area contributed by atoms with E-state index in [1.165, 1.54) is 0 Å². The van der Waals surface area contributed by atoms with Crippen LogP contribution >= 0.6 is 0 Å². The molecule has 0 saturated carbocycles. The second-order valence-corrected chi connectivity index (χ2v) is 3.14. The third kappa shape index (κ3) is 2.69. The first kappa shape index (κ1) is 12.5. The van der Waals surface area contributed by atoms with Crippen LogP contribution in [-0.2, 0) is 13.1 Å². The minimum atomic E-state index is -0.844. The van der Waals surface area contributed by atoms with Crippen molar-refractivity contribution in [1.29, 1.82) is 10.5 Å². The van der Waals surface area contributed by atoms with Gasteiger partial charge in [0, 0.05) is 13.1 Å². The summed E-state index contributed by atoms with van der Waals surface area (Å²) in [7, 11) is 0. The van der Waals surface area contributed by atoms with Crippen LogP contribution in [0.2, 0.25) is 0 Å². The number of hydrogen-bond acceptors (Lipinski definition) is 5. The maximum Gasteiger partial charge on any atom is 0.336 e. The quantitative estimate of drug-likeness (QED) is 0.681. The Morgan fingerprint density at radius 3 is 1.71 bits per heavy atom. The summed E-state index contributed by atoms with van der Waals surface area (Å²) in [6, 6.07) is 3.59. The largest absolute Gasteiger partial charge is 0.336 e. The van der Waals surface area contributed by atoms with Crippen molar-refractivity contribution in [1.82, 2.24) is 14.1 Å². The second-order valence-electron chi connectivity index (χ2n) is 3.14. The van der Waals surface area contributed by atoms with E-state index in [0.717, 1.165) is 9.13 Å². The first-order valence-electron chi connectivity index (χ1n) is 4.79. The van der Waals surface area contributed by atoms with Gasteiger partial charge in [-0.3, -0.25) is 4.98 Å². The van der Waals surface area contributed by atoms with Gasteiger partial charge < -0.3 is 0 Å². The summed E-state index contributed by atoms with van der Waals surface area (Å²) in [5.41, 5.74) is -2.49. The topological polar surface area (TPSA) is 124 Å². The number of aromatic nitrogens is 3. The van der Waals surface area contributed by atoms with Crippen LogP contribution in [0.1, 0.15) is 12.8 Å². The van der Waals surface area contributed by atoms with Crippen LogP contribution in [0.15, 0.2) is 14.4 Å². The molecular formula is C9H9N5O3. The van der Waals surface area contributed by atoms with Gasteiger partial charge in [-0.05, 0) is 0 Å². The van der Waals surface area contributed by atoms with Gasteiger partial charge in [0.15, 0.2) is 0 Å². The van der Waals surface area contributed by atoms with Crippen LogP contribution < -0.4 is 17.1 Å². The van der Waals surface area contributed by atoms with Crippen LogP contribution in [0, 0.1) is 22.7 Å². The molecule has 1 N–H and O–H groups in total. The van der Waals surface area contributed by atoms with Crippen molar-refractivity contribution in [3.8, 4) is 12.1 Å². The van der Waals surface area contributed by atoms with Gasteiger partial charge in [0.05, 0.1) is 25.0 Å². The van der Waals surface area contributed by atoms with E-state index in [9.17, 15) is 14.4 Å². The Hall–Kier alpha value is -2.61. The summed E-state index contributed by atoms with van der Waals surface area (Å²) < 4.78 is 1.53. The Balaban J connectivity index is 3.30. The van der Waals surface area contributed by atoms with Gasteiger partial charge in [-0.1, -0.05) is 0 Å². The fourth-order valence-electron chi connectivity index (χ4n) is 1.26. The van der Waals surface area contributed by atoms with Crippen LogP contribution in [0.5, 0.6) is 0 Å². The number of hydrogen-bond donors (Lipinski definition) is 1. The van der Waals surface area contributed by atoms with Crippen molar-refractivity contribution in [3.63, 3.8) is 0 Å². The summed E-state index contributed by atoms with van der Waals surface area (Å²) >= 11 is 0. The summed E-state index contributed by atoms with van der Waals surface area (Å²) in [6.07, 6.45) is -0.0289. The smallest absolute Gasteiger partial charge is 0.259 e. The van der Waals surface area contributed by atoms with Gasteiger partial charge in [-0.25, -0.2) is 23.5 Å². The van der Waals surface area contributed by atoms with Gasteiger partial charge >= 0.3 is 17.1 Å². The maximum absolute atomic E-state index is 11.7. The van der Waals surface area contributed by atoms with E-state index in [0.29, 0.717) is 0 Å². The van der Waals surface area contributed by atoms with Crippen molar-refractivity contribution >= 4 is 0 Å². The summed E-state index contributed by atoms with van der Waals surface area (Å²) in [5.74, 6) is 0. The molecule has 0 bridgehead atoms. The molecule has 8 nitrogen and oxygen atoms in total. The average molecular weight is 235 g/mol. The third-order valence-electron chi connectivity index (χ3n) is 2.06. The lowest BCUT2D eigenvalue weighted by molar-refractivity contribution is 0.517. The summed E-state index contributed by atoms with van der Waals surface area (Å²) in [4.78, 5) is 36.3. The van der Waals surface area contributed by atoms with Crippen molar-refractivity contribution in [3.05, 3.63) is 31.5 Å². The highest BCUT2D eigenvalue weighted by atomic mass is 16.2. The normalized spacial score (nSPS) is 9.53. The van der Waals surface area contributed by atoms with Gasteiger partial charge in [0.1, 0.15) is 0 Å². The average Bonchev–Trinajstić information content (AvgIpc) is 2.28. The highest BCUT2D eigenvalue weighted by molar-refractivity contribution is 4.79. The summed E-state index contributed by atoms with van der Waals surface area (Å²) in [6.45, 7) is -0.172. The number of H-pyrrole nitrogens is 1. The molecule has 0 atom stereocenters. The molecule has 1 aromatic heterocycles. The molecule has 17 heavy (non-hydrogen) atoms. The zero-order valence-electron chi connectivity index (χ0n) is 8.84. The van der Waals surface area contributed by atoms with Gasteiger partial charge in [0.25, 0.3) is 0 Å². The van der Waals surface area contributed by atoms with Crippen molar-refractivity contribution < 1.29 is 0 Å². The lowest BCUT2D eigenvalue weighted by Gasteiger charge is -2.05. The molecule has 0 aliphatic carbocycles. The van der Waals surface area contributed by atoms with E-state index in [4.69, 9.17) is 10.5 Å². The monoisotopic (exact) mass is 235 g/mol. The highest BCUT2D eigenvalue weighted by Gasteiger charge is 2.08. The van der Waals surface area contributed by atoms with E-state index < -0.39 is 17.1 Å². The molecule has 0 radical (unpaired) electrons. The zero-order chi connectivity index (χ0) is 12.8. The number of nitriles is 2. The van der Waals surface area contributed by atoms with Gasteiger partial charge in [0.2, 0.25) is 0 Å². The number of nitrogens with one attached hydrogen (secondary N) is 1. The lowest BCUT2D eigenvalue weighted by Crippen LogP contribution is -2.49. The Morgan fingerprint density at radius 1 is 0.941 bits per heavy atom. The molecule has 0 saturated heterocycles. The Morgan fingerprint density at radius 2 is 1.35 bits per heavy atom. The molecule has 0 fully saturated rings. The molecule has 1 rings (SSSR count). The maximum atomic E-state index is 11.7. The lowest BCUT2D eigenvalue weighted by atomic mass is 10.4. The first-order valence-corrected chi connectivity index (χ1v) is 4.79. The molecule has 0 unspecified atom stereocenters. The third-order valence-corrected chi connectivity index (χ3v) is 2.06. The number of aromatic amines is 1. The summed E-state index contributed by atoms with van der Waals surface area (Å²) in [5, 5.41) is 16.8. The fourth-order valence-corrected chi connectivity index (χ4v) is 1.26. The number of rotatable bonds is 4. The van der Waals surface area contributed by atoms with Crippen LogP contribution in [0.25, 0.3) is 0 Å². The molecule has 0 spiro atoms. The number of nitrogens with zero attached hydrogens (tertiary/aromatic N) is 4. The molecule has 0 amide bonds. The van der Waals surface area contributed by atoms with Gasteiger partial charge in [-0.2, -0.15) is 10.5 Å². The van der Waals surface area contributed by atoms with Crippen LogP contribution in [-0.4, -0.2) is 14.1 Å².